The van der Waals surface area contributed by atoms with Gasteiger partial charge >= 0.3 is 0 Å². The van der Waals surface area contributed by atoms with Crippen LogP contribution in [0.4, 0.5) is 4.39 Å². The van der Waals surface area contributed by atoms with Crippen molar-refractivity contribution in [2.24, 2.45) is 5.73 Å². The van der Waals surface area contributed by atoms with Gasteiger partial charge in [-0.2, -0.15) is 0 Å². The summed E-state index contributed by atoms with van der Waals surface area (Å²) in [7, 11) is -3.23. The molecule has 0 fully saturated rings. The summed E-state index contributed by atoms with van der Waals surface area (Å²) in [5.74, 6) is -0.546. The molecule has 2 unspecified atom stereocenters. The maximum absolute atomic E-state index is 13.3. The molecule has 0 heterocycles. The summed E-state index contributed by atoms with van der Waals surface area (Å²) < 4.78 is 42.9. The average molecular weight is 347 g/mol. The van der Waals surface area contributed by atoms with Crippen molar-refractivity contribution in [3.05, 3.63) is 35.6 Å². The highest BCUT2D eigenvalue weighted by Crippen LogP contribution is 2.55. The first-order valence-corrected chi connectivity index (χ1v) is 9.80. The summed E-state index contributed by atoms with van der Waals surface area (Å²) in [5.41, 5.74) is 6.66. The standard InChI is InChI=1S/C16H27FNO4P/c1-4-20-16(21-5-2)23(19,22-6-3)12-14(11-18)13-7-9-15(17)10-8-13/h7-10,14,16H,4-6,11-12,18H2,1-3H3. The van der Waals surface area contributed by atoms with E-state index in [1.54, 1.807) is 19.1 Å². The Hall–Kier alpha value is -0.780. The van der Waals surface area contributed by atoms with Gasteiger partial charge < -0.3 is 19.7 Å². The van der Waals surface area contributed by atoms with Gasteiger partial charge in [0, 0.05) is 25.3 Å². The minimum absolute atomic E-state index is 0.188. The first-order valence-electron chi connectivity index (χ1n) is 7.92. The topological polar surface area (TPSA) is 70.8 Å². The van der Waals surface area contributed by atoms with E-state index in [-0.39, 0.29) is 31.0 Å². The third kappa shape index (κ3) is 5.98. The molecule has 0 radical (unpaired) electrons. The monoisotopic (exact) mass is 347 g/mol. The molecule has 0 aliphatic heterocycles. The van der Waals surface area contributed by atoms with Gasteiger partial charge in [-0.1, -0.05) is 12.1 Å². The molecule has 132 valence electrons. The lowest BCUT2D eigenvalue weighted by atomic mass is 10.0. The molecule has 0 saturated heterocycles. The summed E-state index contributed by atoms with van der Waals surface area (Å²) >= 11 is 0. The Kier molecular flexibility index (Phi) is 8.95. The zero-order chi connectivity index (χ0) is 17.3. The van der Waals surface area contributed by atoms with Crippen LogP contribution < -0.4 is 5.73 Å². The lowest BCUT2D eigenvalue weighted by Crippen LogP contribution is -2.25. The number of nitrogens with two attached hydrogens (primary N) is 1. The highest BCUT2D eigenvalue weighted by atomic mass is 31.2. The normalized spacial score (nSPS) is 15.6. The fraction of sp³-hybridized carbons (Fsp3) is 0.625. The Morgan fingerprint density at radius 1 is 1.09 bits per heavy atom. The quantitative estimate of drug-likeness (QED) is 0.490. The van der Waals surface area contributed by atoms with Crippen LogP contribution in [0.25, 0.3) is 0 Å². The van der Waals surface area contributed by atoms with Crippen LogP contribution in [0, 0.1) is 5.82 Å². The number of rotatable bonds is 11. The van der Waals surface area contributed by atoms with Crippen molar-refractivity contribution in [2.45, 2.75) is 32.7 Å². The highest BCUT2D eigenvalue weighted by Gasteiger charge is 2.38. The molecule has 0 aromatic heterocycles. The Morgan fingerprint density at radius 3 is 2.09 bits per heavy atom. The van der Waals surface area contributed by atoms with Gasteiger partial charge in [-0.05, 0) is 45.0 Å². The molecular weight excluding hydrogens is 320 g/mol. The molecule has 1 rings (SSSR count). The van der Waals surface area contributed by atoms with Crippen LogP contribution in [-0.2, 0) is 18.6 Å². The maximum atomic E-state index is 13.3. The van der Waals surface area contributed by atoms with Crippen molar-refractivity contribution in [2.75, 3.05) is 32.5 Å². The van der Waals surface area contributed by atoms with Gasteiger partial charge in [0.15, 0.2) is 0 Å². The molecule has 5 nitrogen and oxygen atoms in total. The number of benzene rings is 1. The molecule has 0 saturated carbocycles. The number of hydrogen-bond donors (Lipinski definition) is 1. The second-order valence-corrected chi connectivity index (χ2v) is 7.53. The SMILES string of the molecule is CCOC(OCC)P(=O)(CC(CN)c1ccc(F)cc1)OCC. The summed E-state index contributed by atoms with van der Waals surface area (Å²) in [6.45, 7) is 6.68. The molecule has 2 atom stereocenters. The van der Waals surface area contributed by atoms with E-state index in [0.717, 1.165) is 5.56 Å². The van der Waals surface area contributed by atoms with Crippen molar-refractivity contribution in [3.63, 3.8) is 0 Å². The van der Waals surface area contributed by atoms with Crippen LogP contribution in [0.5, 0.6) is 0 Å². The predicted molar refractivity (Wildman–Crippen MR) is 89.3 cm³/mol. The number of halogens is 1. The lowest BCUT2D eigenvalue weighted by molar-refractivity contribution is -0.0889. The van der Waals surface area contributed by atoms with Crippen molar-refractivity contribution in [3.8, 4) is 0 Å². The predicted octanol–water partition coefficient (Wildman–Crippen LogP) is 3.54. The Labute approximate surface area is 137 Å². The van der Waals surface area contributed by atoms with E-state index in [0.29, 0.717) is 13.2 Å². The van der Waals surface area contributed by atoms with Crippen LogP contribution in [0.1, 0.15) is 32.3 Å². The van der Waals surface area contributed by atoms with Crippen LogP contribution in [0.3, 0.4) is 0 Å². The minimum atomic E-state index is -3.23. The zero-order valence-electron chi connectivity index (χ0n) is 14.0. The molecule has 0 aliphatic carbocycles. The molecule has 1 aromatic rings. The third-order valence-electron chi connectivity index (χ3n) is 3.39. The van der Waals surface area contributed by atoms with Crippen molar-refractivity contribution in [1.29, 1.82) is 0 Å². The minimum Gasteiger partial charge on any atom is -0.345 e. The Bertz CT molecular complexity index is 491. The van der Waals surface area contributed by atoms with Crippen LogP contribution >= 0.6 is 7.37 Å². The molecule has 0 spiro atoms. The van der Waals surface area contributed by atoms with Gasteiger partial charge in [-0.3, -0.25) is 4.57 Å². The van der Waals surface area contributed by atoms with E-state index in [1.807, 2.05) is 13.8 Å². The molecule has 0 amide bonds. The summed E-state index contributed by atoms with van der Waals surface area (Å²) in [4.78, 5) is 0. The van der Waals surface area contributed by atoms with E-state index in [2.05, 4.69) is 0 Å². The molecule has 1 aromatic carbocycles. The van der Waals surface area contributed by atoms with Gasteiger partial charge in [0.2, 0.25) is 6.03 Å². The second kappa shape index (κ2) is 10.2. The van der Waals surface area contributed by atoms with Gasteiger partial charge in [0.25, 0.3) is 7.37 Å². The van der Waals surface area contributed by atoms with E-state index >= 15 is 0 Å². The maximum Gasteiger partial charge on any atom is 0.258 e. The first kappa shape index (κ1) is 20.3. The fourth-order valence-electron chi connectivity index (χ4n) is 2.34. The summed E-state index contributed by atoms with van der Waals surface area (Å²) in [5, 5.41) is 0. The molecule has 0 bridgehead atoms. The Balaban J connectivity index is 3.02. The average Bonchev–Trinajstić information content (AvgIpc) is 2.54. The number of ether oxygens (including phenoxy) is 2. The van der Waals surface area contributed by atoms with E-state index in [9.17, 15) is 8.96 Å². The van der Waals surface area contributed by atoms with Gasteiger partial charge in [0.05, 0.1) is 6.61 Å². The van der Waals surface area contributed by atoms with Crippen molar-refractivity contribution < 1.29 is 23.0 Å². The van der Waals surface area contributed by atoms with E-state index in [1.165, 1.54) is 12.1 Å². The summed E-state index contributed by atoms with van der Waals surface area (Å²) in [6.07, 6.45) is 0.188. The summed E-state index contributed by atoms with van der Waals surface area (Å²) in [6, 6.07) is 5.13. The van der Waals surface area contributed by atoms with Gasteiger partial charge in [-0.15, -0.1) is 0 Å². The third-order valence-corrected chi connectivity index (χ3v) is 5.97. The van der Waals surface area contributed by atoms with Crippen molar-refractivity contribution in [1.82, 2.24) is 0 Å². The number of hydrogen-bond acceptors (Lipinski definition) is 5. The Morgan fingerprint density at radius 2 is 1.65 bits per heavy atom. The van der Waals surface area contributed by atoms with Crippen molar-refractivity contribution >= 4 is 7.37 Å². The smallest absolute Gasteiger partial charge is 0.258 e. The molecular formula is C16H27FNO4P. The zero-order valence-corrected chi connectivity index (χ0v) is 14.9. The molecule has 0 aliphatic rings. The highest BCUT2D eigenvalue weighted by molar-refractivity contribution is 7.59. The van der Waals surface area contributed by atoms with Gasteiger partial charge in [0.1, 0.15) is 5.82 Å². The van der Waals surface area contributed by atoms with E-state index < -0.39 is 13.4 Å². The first-order chi connectivity index (χ1) is 11.0. The van der Waals surface area contributed by atoms with Gasteiger partial charge in [-0.25, -0.2) is 4.39 Å². The van der Waals surface area contributed by atoms with Crippen LogP contribution in [0.15, 0.2) is 24.3 Å². The van der Waals surface area contributed by atoms with Crippen LogP contribution in [0.2, 0.25) is 0 Å². The van der Waals surface area contributed by atoms with Crippen LogP contribution in [-0.4, -0.2) is 38.6 Å². The fourth-order valence-corrected chi connectivity index (χ4v) is 4.90. The largest absolute Gasteiger partial charge is 0.345 e. The molecule has 2 N–H and O–H groups in total. The second-order valence-electron chi connectivity index (χ2n) is 5.03. The lowest BCUT2D eigenvalue weighted by Gasteiger charge is -2.29. The molecule has 7 heteroatoms. The molecule has 23 heavy (non-hydrogen) atoms. The van der Waals surface area contributed by atoms with E-state index in [4.69, 9.17) is 19.7 Å².